The molecule has 3 heterocycles. The van der Waals surface area contributed by atoms with E-state index in [-0.39, 0.29) is 41.3 Å². The van der Waals surface area contributed by atoms with Crippen molar-refractivity contribution in [3.63, 3.8) is 0 Å². The summed E-state index contributed by atoms with van der Waals surface area (Å²) in [6.45, 7) is 5.87. The van der Waals surface area contributed by atoms with Crippen LogP contribution in [0, 0.1) is 5.92 Å². The summed E-state index contributed by atoms with van der Waals surface area (Å²) in [5.41, 5.74) is -0.0974. The molecule has 0 aliphatic heterocycles. The number of amides is 2. The van der Waals surface area contributed by atoms with Crippen LogP contribution >= 0.6 is 0 Å². The number of aromatic hydroxyl groups is 1. The van der Waals surface area contributed by atoms with Crippen molar-refractivity contribution in [2.75, 3.05) is 0 Å². The molecule has 3 aromatic rings. The quantitative estimate of drug-likeness (QED) is 0.514. The number of rotatable bonds is 7. The molecule has 0 unspecified atom stereocenters. The lowest BCUT2D eigenvalue weighted by Gasteiger charge is -2.17. The second-order valence-electron chi connectivity index (χ2n) is 8.50. The molecule has 1 saturated carbocycles. The van der Waals surface area contributed by atoms with E-state index < -0.39 is 23.3 Å². The van der Waals surface area contributed by atoms with Crippen LogP contribution in [0.3, 0.4) is 0 Å². The first-order valence-corrected chi connectivity index (χ1v) is 10.6. The summed E-state index contributed by atoms with van der Waals surface area (Å²) in [6.07, 6.45) is 4.61. The van der Waals surface area contributed by atoms with Crippen LogP contribution in [-0.2, 0) is 6.54 Å². The molecule has 1 aliphatic rings. The summed E-state index contributed by atoms with van der Waals surface area (Å²) >= 11 is 0. The predicted molar refractivity (Wildman–Crippen MR) is 117 cm³/mol. The molecule has 0 spiro atoms. The van der Waals surface area contributed by atoms with E-state index in [4.69, 9.17) is 0 Å². The van der Waals surface area contributed by atoms with Gasteiger partial charge in [-0.2, -0.15) is 9.61 Å². The molecule has 10 nitrogen and oxygen atoms in total. The molecular formula is C22H26N6O4. The average Bonchev–Trinajstić information content (AvgIpc) is 3.45. The van der Waals surface area contributed by atoms with E-state index in [9.17, 15) is 19.5 Å². The third-order valence-corrected chi connectivity index (χ3v) is 5.29. The second-order valence-corrected chi connectivity index (χ2v) is 8.50. The first-order valence-electron chi connectivity index (χ1n) is 10.6. The number of pyridine rings is 1. The molecule has 2 amide bonds. The maximum absolute atomic E-state index is 13.3. The molecule has 0 radical (unpaired) electrons. The van der Waals surface area contributed by atoms with Gasteiger partial charge < -0.3 is 15.7 Å². The predicted octanol–water partition coefficient (Wildman–Crippen LogP) is 1.64. The van der Waals surface area contributed by atoms with Gasteiger partial charge in [0, 0.05) is 18.8 Å². The molecule has 10 heteroatoms. The Labute approximate surface area is 184 Å². The Balaban J connectivity index is 1.78. The molecule has 0 aromatic carbocycles. The van der Waals surface area contributed by atoms with E-state index in [1.807, 2.05) is 19.9 Å². The number of carbonyl (C=O) groups excluding carboxylic acids is 2. The van der Waals surface area contributed by atoms with Crippen LogP contribution in [-0.4, -0.2) is 42.1 Å². The van der Waals surface area contributed by atoms with Gasteiger partial charge in [0.05, 0.1) is 17.9 Å². The number of aromatic nitrogens is 4. The van der Waals surface area contributed by atoms with Crippen molar-refractivity contribution in [1.29, 1.82) is 0 Å². The molecular weight excluding hydrogens is 412 g/mol. The van der Waals surface area contributed by atoms with Gasteiger partial charge in [0.15, 0.2) is 11.2 Å². The minimum absolute atomic E-state index is 0.0163. The third kappa shape index (κ3) is 4.08. The van der Waals surface area contributed by atoms with Gasteiger partial charge in [0.2, 0.25) is 5.88 Å². The van der Waals surface area contributed by atoms with Crippen LogP contribution in [0.2, 0.25) is 0 Å². The number of hydrogen-bond acceptors (Lipinski definition) is 6. The molecule has 0 saturated heterocycles. The van der Waals surface area contributed by atoms with E-state index >= 15 is 0 Å². The Hall–Kier alpha value is -3.69. The fourth-order valence-corrected chi connectivity index (χ4v) is 3.55. The normalized spacial score (nSPS) is 14.5. The Bertz CT molecular complexity index is 1230. The monoisotopic (exact) mass is 438 g/mol. The van der Waals surface area contributed by atoms with E-state index in [1.54, 1.807) is 25.3 Å². The maximum atomic E-state index is 13.3. The highest BCUT2D eigenvalue weighted by molar-refractivity contribution is 6.01. The summed E-state index contributed by atoms with van der Waals surface area (Å²) in [7, 11) is 0. The molecule has 1 aliphatic carbocycles. The first kappa shape index (κ1) is 21.5. The largest absolute Gasteiger partial charge is 0.492 e. The Kier molecular flexibility index (Phi) is 5.68. The summed E-state index contributed by atoms with van der Waals surface area (Å²) in [4.78, 5) is 43.2. The van der Waals surface area contributed by atoms with E-state index in [2.05, 4.69) is 20.7 Å². The van der Waals surface area contributed by atoms with Gasteiger partial charge in [-0.15, -0.1) is 0 Å². The molecule has 3 aromatic heterocycles. The lowest BCUT2D eigenvalue weighted by atomic mass is 10.2. The van der Waals surface area contributed by atoms with Crippen molar-refractivity contribution in [3.8, 4) is 5.88 Å². The van der Waals surface area contributed by atoms with Gasteiger partial charge in [-0.3, -0.25) is 23.9 Å². The Morgan fingerprint density at radius 2 is 1.97 bits per heavy atom. The SMILES string of the molecule is CC(C)Cn1c(=O)c(C(=O)NC2CC2)c(O)n2ncc(C(=O)N[C@H](C)c3ccccn3)c12. The molecule has 32 heavy (non-hydrogen) atoms. The Morgan fingerprint density at radius 1 is 1.22 bits per heavy atom. The van der Waals surface area contributed by atoms with Crippen molar-refractivity contribution in [2.24, 2.45) is 5.92 Å². The van der Waals surface area contributed by atoms with Gasteiger partial charge in [0.25, 0.3) is 17.4 Å². The van der Waals surface area contributed by atoms with Crippen LogP contribution in [0.15, 0.2) is 35.4 Å². The second kappa shape index (κ2) is 8.45. The van der Waals surface area contributed by atoms with Crippen molar-refractivity contribution >= 4 is 17.5 Å². The van der Waals surface area contributed by atoms with Crippen molar-refractivity contribution in [2.45, 2.75) is 52.2 Å². The number of nitrogens with zero attached hydrogens (tertiary/aromatic N) is 4. The van der Waals surface area contributed by atoms with Gasteiger partial charge in [0.1, 0.15) is 5.56 Å². The van der Waals surface area contributed by atoms with Crippen LogP contribution in [0.4, 0.5) is 0 Å². The number of hydrogen-bond donors (Lipinski definition) is 3. The number of carbonyl (C=O) groups is 2. The molecule has 4 rings (SSSR count). The smallest absolute Gasteiger partial charge is 0.270 e. The van der Waals surface area contributed by atoms with Crippen LogP contribution < -0.4 is 16.2 Å². The van der Waals surface area contributed by atoms with Crippen molar-refractivity contribution in [1.82, 2.24) is 29.8 Å². The highest BCUT2D eigenvalue weighted by Gasteiger charge is 2.31. The molecule has 3 N–H and O–H groups in total. The highest BCUT2D eigenvalue weighted by Crippen LogP contribution is 2.23. The summed E-state index contributed by atoms with van der Waals surface area (Å²) in [5, 5.41) is 20.4. The third-order valence-electron chi connectivity index (χ3n) is 5.29. The molecule has 1 fully saturated rings. The summed E-state index contributed by atoms with van der Waals surface area (Å²) < 4.78 is 2.41. The van der Waals surface area contributed by atoms with Crippen molar-refractivity contribution in [3.05, 3.63) is 57.8 Å². The molecule has 1 atom stereocenters. The standard InChI is InChI=1S/C22H26N6O4/c1-12(2)11-27-20-15(18(29)25-13(3)16-6-4-5-9-23-16)10-24-28(20)22(32)17(21(27)31)19(30)26-14-7-8-14/h4-6,9-10,12-14,32H,7-8,11H2,1-3H3,(H,25,29)(H,26,30)/t13-/m1/s1. The molecule has 168 valence electrons. The summed E-state index contributed by atoms with van der Waals surface area (Å²) in [6, 6.07) is 5.04. The number of nitrogens with one attached hydrogen (secondary N) is 2. The first-order chi connectivity index (χ1) is 15.3. The zero-order valence-corrected chi connectivity index (χ0v) is 18.2. The highest BCUT2D eigenvalue weighted by atomic mass is 16.3. The molecule has 0 bridgehead atoms. The zero-order valence-electron chi connectivity index (χ0n) is 18.2. The van der Waals surface area contributed by atoms with Crippen molar-refractivity contribution < 1.29 is 14.7 Å². The minimum Gasteiger partial charge on any atom is -0.492 e. The van der Waals surface area contributed by atoms with Crippen LogP contribution in [0.25, 0.3) is 5.65 Å². The lowest BCUT2D eigenvalue weighted by molar-refractivity contribution is 0.0935. The van der Waals surface area contributed by atoms with Gasteiger partial charge >= 0.3 is 0 Å². The van der Waals surface area contributed by atoms with Crippen LogP contribution in [0.5, 0.6) is 5.88 Å². The van der Waals surface area contributed by atoms with E-state index in [0.717, 1.165) is 17.4 Å². The average molecular weight is 438 g/mol. The number of fused-ring (bicyclic) bond motifs is 1. The summed E-state index contributed by atoms with van der Waals surface area (Å²) in [5.74, 6) is -1.65. The zero-order chi connectivity index (χ0) is 23.0. The van der Waals surface area contributed by atoms with Crippen LogP contribution in [0.1, 0.15) is 66.1 Å². The van der Waals surface area contributed by atoms with E-state index in [0.29, 0.717) is 5.69 Å². The lowest BCUT2D eigenvalue weighted by Crippen LogP contribution is -2.37. The fraction of sp³-hybridized carbons (Fsp3) is 0.409. The Morgan fingerprint density at radius 3 is 2.59 bits per heavy atom. The maximum Gasteiger partial charge on any atom is 0.270 e. The van der Waals surface area contributed by atoms with Gasteiger partial charge in [-0.25, -0.2) is 0 Å². The minimum atomic E-state index is -0.658. The van der Waals surface area contributed by atoms with E-state index in [1.165, 1.54) is 10.8 Å². The topological polar surface area (TPSA) is 131 Å². The van der Waals surface area contributed by atoms with Gasteiger partial charge in [-0.1, -0.05) is 19.9 Å². The fourth-order valence-electron chi connectivity index (χ4n) is 3.55. The van der Waals surface area contributed by atoms with Gasteiger partial charge in [-0.05, 0) is 37.8 Å².